The summed E-state index contributed by atoms with van der Waals surface area (Å²) in [4.78, 5) is 28.7. The number of hydrogen-bond acceptors (Lipinski definition) is 8. The second-order valence-electron chi connectivity index (χ2n) is 6.23. The van der Waals surface area contributed by atoms with Crippen molar-refractivity contribution < 1.29 is 41.9 Å². The van der Waals surface area contributed by atoms with Gasteiger partial charge in [-0.25, -0.2) is 10.2 Å². The van der Waals surface area contributed by atoms with Crippen LogP contribution in [0.3, 0.4) is 0 Å². The summed E-state index contributed by atoms with van der Waals surface area (Å²) in [5.74, 6) is 3.11. The fourth-order valence-electron chi connectivity index (χ4n) is 3.46. The van der Waals surface area contributed by atoms with Gasteiger partial charge in [0.15, 0.2) is 5.54 Å². The van der Waals surface area contributed by atoms with Crippen LogP contribution in [0.15, 0.2) is 30.3 Å². The Morgan fingerprint density at radius 3 is 2.38 bits per heavy atom. The Morgan fingerprint density at radius 1 is 1.38 bits per heavy atom. The first-order chi connectivity index (χ1) is 13.4. The number of hydrazine groups is 1. The third-order valence-electron chi connectivity index (χ3n) is 4.76. The molecule has 1 aromatic carbocycles. The molecule has 2 rings (SSSR count). The molecule has 162 valence electrons. The van der Waals surface area contributed by atoms with Gasteiger partial charge >= 0.3 is 17.3 Å². The number of halogens is 3. The van der Waals surface area contributed by atoms with Gasteiger partial charge in [-0.05, 0) is 12.0 Å². The molecule has 0 saturated carbocycles. The molecule has 1 aliphatic rings. The molecule has 4 unspecified atom stereocenters. The molecule has 14 heteroatoms. The standard InChI is InChI=1S/C15H20F3N5O5S/c1-2-13(22-20)10(21-12(19)26)23(29-15(16,17)18,14(13,27)11(24)25)28-8-9-6-4-3-5-7-9/h3-7,10,22,27H,2,8,20H2,1H3,(H3-,19,21,24,25,26). The first-order valence-electron chi connectivity index (χ1n) is 8.22. The number of alkyl halides is 3. The molecule has 7 N–H and O–H groups in total. The zero-order chi connectivity index (χ0) is 22.1. The van der Waals surface area contributed by atoms with Crippen molar-refractivity contribution in [1.29, 1.82) is 0 Å². The summed E-state index contributed by atoms with van der Waals surface area (Å²) in [6, 6.07) is 6.55. The molecular weight excluding hydrogens is 419 g/mol. The van der Waals surface area contributed by atoms with E-state index >= 15 is 0 Å². The largest absolute Gasteiger partial charge is 0.542 e. The summed E-state index contributed by atoms with van der Waals surface area (Å²) >= 11 is -0.993. The number of nitrogens with two attached hydrogens (primary N) is 2. The lowest BCUT2D eigenvalue weighted by Gasteiger charge is -2.66. The van der Waals surface area contributed by atoms with E-state index < -0.39 is 57.5 Å². The lowest BCUT2D eigenvalue weighted by Crippen LogP contribution is -3.01. The molecule has 1 saturated heterocycles. The number of carbonyl (C=O) groups excluding carboxylic acids is 2. The SMILES string of the molecule is CCC1(NN)C(NC(N)=O)[N+](OCc2ccccc2)(SC(F)(F)F)C1(O)C(=O)[O-]. The van der Waals surface area contributed by atoms with E-state index in [1.54, 1.807) is 18.2 Å². The van der Waals surface area contributed by atoms with Crippen LogP contribution in [0.5, 0.6) is 0 Å². The van der Waals surface area contributed by atoms with Gasteiger partial charge in [-0.1, -0.05) is 41.3 Å². The van der Waals surface area contributed by atoms with Crippen LogP contribution in [0.25, 0.3) is 0 Å². The summed E-state index contributed by atoms with van der Waals surface area (Å²) in [5, 5.41) is 24.9. The number of amides is 2. The highest BCUT2D eigenvalue weighted by molar-refractivity contribution is 7.94. The zero-order valence-electron chi connectivity index (χ0n) is 15.1. The minimum Gasteiger partial charge on any atom is -0.542 e. The Hall–Kier alpha value is -2.10. The Labute approximate surface area is 167 Å². The van der Waals surface area contributed by atoms with E-state index in [-0.39, 0.29) is 6.42 Å². The third kappa shape index (κ3) is 3.62. The van der Waals surface area contributed by atoms with Crippen LogP contribution in [0.1, 0.15) is 18.9 Å². The fraction of sp³-hybridized carbons (Fsp3) is 0.467. The minimum atomic E-state index is -5.09. The number of nitrogens with zero attached hydrogens (tertiary/aromatic N) is 1. The van der Waals surface area contributed by atoms with Crippen molar-refractivity contribution in [2.45, 2.75) is 42.9 Å². The van der Waals surface area contributed by atoms with Gasteiger partial charge in [-0.3, -0.25) is 11.2 Å². The van der Waals surface area contributed by atoms with Gasteiger partial charge in [-0.2, -0.15) is 18.0 Å². The van der Waals surface area contributed by atoms with Crippen LogP contribution in [-0.2, 0) is 16.2 Å². The van der Waals surface area contributed by atoms with Gasteiger partial charge < -0.3 is 20.7 Å². The number of carbonyl (C=O) groups is 2. The average Bonchev–Trinajstić information content (AvgIpc) is 2.64. The predicted molar refractivity (Wildman–Crippen MR) is 91.9 cm³/mol. The second-order valence-corrected chi connectivity index (χ2v) is 7.42. The molecule has 1 aliphatic heterocycles. The van der Waals surface area contributed by atoms with Gasteiger partial charge in [-0.15, -0.1) is 0 Å². The van der Waals surface area contributed by atoms with Crippen LogP contribution in [0.2, 0.25) is 0 Å². The Bertz CT molecular complexity index is 766. The maximum Gasteiger partial charge on any atom is 0.499 e. The number of quaternary nitrogens is 1. The molecule has 0 aliphatic carbocycles. The lowest BCUT2D eigenvalue weighted by atomic mass is 9.72. The van der Waals surface area contributed by atoms with Crippen molar-refractivity contribution in [2.75, 3.05) is 0 Å². The number of aliphatic carboxylic acids is 1. The van der Waals surface area contributed by atoms with Gasteiger partial charge in [0.2, 0.25) is 18.1 Å². The predicted octanol–water partition coefficient (Wildman–Crippen LogP) is -0.838. The number of primary amides is 1. The molecule has 10 nitrogen and oxygen atoms in total. The van der Waals surface area contributed by atoms with E-state index in [1.807, 2.05) is 10.7 Å². The zero-order valence-corrected chi connectivity index (χ0v) is 15.9. The molecule has 0 aromatic heterocycles. The van der Waals surface area contributed by atoms with E-state index in [0.29, 0.717) is 5.56 Å². The number of aliphatic hydroxyl groups is 1. The first kappa shape index (κ1) is 23.2. The number of carboxylic acids is 1. The second kappa shape index (κ2) is 7.97. The van der Waals surface area contributed by atoms with E-state index in [2.05, 4.69) is 0 Å². The Kier molecular flexibility index (Phi) is 6.37. The number of urea groups is 1. The van der Waals surface area contributed by atoms with Crippen molar-refractivity contribution in [3.63, 3.8) is 0 Å². The Morgan fingerprint density at radius 2 is 1.97 bits per heavy atom. The number of nitrogens with one attached hydrogen (secondary N) is 2. The molecule has 29 heavy (non-hydrogen) atoms. The summed E-state index contributed by atoms with van der Waals surface area (Å²) in [7, 11) is 0. The van der Waals surface area contributed by atoms with E-state index in [0.717, 1.165) is 0 Å². The van der Waals surface area contributed by atoms with Crippen molar-refractivity contribution in [1.82, 2.24) is 10.7 Å². The molecule has 1 heterocycles. The number of hydrogen-bond donors (Lipinski definition) is 5. The van der Waals surface area contributed by atoms with Crippen LogP contribution in [-0.4, -0.2) is 44.1 Å². The highest BCUT2D eigenvalue weighted by Gasteiger charge is 2.89. The fourth-order valence-corrected chi connectivity index (χ4v) is 4.59. The van der Waals surface area contributed by atoms with Crippen molar-refractivity contribution in [3.05, 3.63) is 35.9 Å². The van der Waals surface area contributed by atoms with Crippen LogP contribution in [0.4, 0.5) is 18.0 Å². The number of hydroxylamine groups is 2. The topological polar surface area (TPSA) is 163 Å². The van der Waals surface area contributed by atoms with Crippen molar-refractivity contribution in [2.24, 2.45) is 11.6 Å². The van der Waals surface area contributed by atoms with E-state index in [1.165, 1.54) is 19.1 Å². The molecule has 0 radical (unpaired) electrons. The molecule has 0 bridgehead atoms. The lowest BCUT2D eigenvalue weighted by molar-refractivity contribution is -1.12. The highest BCUT2D eigenvalue weighted by Crippen LogP contribution is 2.60. The molecule has 1 fully saturated rings. The van der Waals surface area contributed by atoms with Gasteiger partial charge in [0, 0.05) is 0 Å². The maximum absolute atomic E-state index is 13.4. The van der Waals surface area contributed by atoms with Crippen molar-refractivity contribution in [3.8, 4) is 0 Å². The molecular formula is C15H20F3N5O5S. The summed E-state index contributed by atoms with van der Waals surface area (Å²) in [5.41, 5.74) is -3.16. The van der Waals surface area contributed by atoms with E-state index in [9.17, 15) is 33.0 Å². The summed E-state index contributed by atoms with van der Waals surface area (Å²) in [6.07, 6.45) is -2.17. The van der Waals surface area contributed by atoms with Crippen LogP contribution >= 0.6 is 11.9 Å². The molecule has 2 amide bonds. The van der Waals surface area contributed by atoms with Gasteiger partial charge in [0.25, 0.3) is 0 Å². The minimum absolute atomic E-state index is 0.327. The number of benzene rings is 1. The van der Waals surface area contributed by atoms with Crippen LogP contribution in [0, 0.1) is 0 Å². The molecule has 4 atom stereocenters. The maximum atomic E-state index is 13.4. The summed E-state index contributed by atoms with van der Waals surface area (Å²) in [6.45, 7) is 0.799. The van der Waals surface area contributed by atoms with E-state index in [4.69, 9.17) is 16.4 Å². The highest BCUT2D eigenvalue weighted by atomic mass is 32.2. The smallest absolute Gasteiger partial charge is 0.499 e. The third-order valence-corrected chi connectivity index (χ3v) is 5.82. The number of carboxylic acid groups (broad SMARTS) is 1. The van der Waals surface area contributed by atoms with Gasteiger partial charge in [0.05, 0.1) is 0 Å². The Balaban J connectivity index is 2.63. The molecule has 1 aromatic rings. The van der Waals surface area contributed by atoms with Crippen LogP contribution < -0.4 is 27.4 Å². The van der Waals surface area contributed by atoms with Crippen molar-refractivity contribution >= 4 is 23.9 Å². The number of rotatable bonds is 8. The normalized spacial score (nSPS) is 31.7. The molecule has 0 spiro atoms. The summed E-state index contributed by atoms with van der Waals surface area (Å²) < 4.78 is 38.2. The quantitative estimate of drug-likeness (QED) is 0.152. The first-order valence-corrected chi connectivity index (χ1v) is 9.00. The van der Waals surface area contributed by atoms with Gasteiger partial charge in [0.1, 0.15) is 12.6 Å². The average molecular weight is 439 g/mol. The monoisotopic (exact) mass is 439 g/mol.